The first-order valence-electron chi connectivity index (χ1n) is 13.7. The number of aryl methyl sites for hydroxylation is 1. The monoisotopic (exact) mass is 612 g/mol. The van der Waals surface area contributed by atoms with Gasteiger partial charge in [-0.1, -0.05) is 24.3 Å². The van der Waals surface area contributed by atoms with Crippen LogP contribution in [0.3, 0.4) is 0 Å². The van der Waals surface area contributed by atoms with Gasteiger partial charge in [0.1, 0.15) is 29.4 Å². The summed E-state index contributed by atoms with van der Waals surface area (Å²) in [5.74, 6) is 1.63. The Morgan fingerprint density at radius 1 is 1.14 bits per heavy atom. The lowest BCUT2D eigenvalue weighted by atomic mass is 10.0. The van der Waals surface area contributed by atoms with Crippen LogP contribution < -0.4 is 10.1 Å². The molecule has 1 amide bonds. The zero-order valence-electron chi connectivity index (χ0n) is 23.5. The summed E-state index contributed by atoms with van der Waals surface area (Å²) in [5, 5.41) is 3.40. The molecule has 1 aliphatic carbocycles. The number of hydrogen-bond donors (Lipinski definition) is 1. The third-order valence-electron chi connectivity index (χ3n) is 7.59. The SMILES string of the molecule is COc1ncnc(C2CC2)c1-c1nc2c(c(NCc3ccc(-c4nc(C(F)(F)F)cn4C)cc3)n1)CN(C(=O)CCl)CC2. The topological polar surface area (TPSA) is 111 Å². The highest BCUT2D eigenvalue weighted by Crippen LogP contribution is 2.45. The molecule has 43 heavy (non-hydrogen) atoms. The zero-order chi connectivity index (χ0) is 30.3. The highest BCUT2D eigenvalue weighted by atomic mass is 35.5. The fourth-order valence-electron chi connectivity index (χ4n) is 5.21. The molecule has 0 unspecified atom stereocenters. The minimum atomic E-state index is -4.52. The molecule has 1 saturated carbocycles. The van der Waals surface area contributed by atoms with Gasteiger partial charge in [0.2, 0.25) is 11.8 Å². The van der Waals surface area contributed by atoms with Crippen LogP contribution in [-0.2, 0) is 37.5 Å². The highest BCUT2D eigenvalue weighted by Gasteiger charge is 2.35. The third kappa shape index (κ3) is 5.85. The summed E-state index contributed by atoms with van der Waals surface area (Å²) in [5.41, 5.74) is 3.61. The van der Waals surface area contributed by atoms with Gasteiger partial charge in [0.15, 0.2) is 11.5 Å². The summed E-state index contributed by atoms with van der Waals surface area (Å²) in [6.45, 7) is 1.15. The van der Waals surface area contributed by atoms with E-state index in [1.54, 1.807) is 24.1 Å². The molecule has 1 aliphatic heterocycles. The Balaban J connectivity index is 1.32. The molecule has 0 spiro atoms. The molecule has 0 radical (unpaired) electrons. The molecule has 10 nitrogen and oxygen atoms in total. The fourth-order valence-corrected chi connectivity index (χ4v) is 5.38. The Morgan fingerprint density at radius 3 is 2.56 bits per heavy atom. The van der Waals surface area contributed by atoms with Gasteiger partial charge in [-0.2, -0.15) is 13.2 Å². The molecule has 1 N–H and O–H groups in total. The van der Waals surface area contributed by atoms with Crippen molar-refractivity contribution in [3.05, 3.63) is 65.0 Å². The Bertz CT molecular complexity index is 1670. The minimum Gasteiger partial charge on any atom is -0.480 e. The second kappa shape index (κ2) is 11.4. The zero-order valence-corrected chi connectivity index (χ0v) is 24.2. The van der Waals surface area contributed by atoms with Crippen LogP contribution in [0.1, 0.15) is 47.0 Å². The molecule has 224 valence electrons. The molecule has 0 saturated heterocycles. The number of halogens is 4. The van der Waals surface area contributed by atoms with Crippen molar-refractivity contribution >= 4 is 23.3 Å². The summed E-state index contributed by atoms with van der Waals surface area (Å²) in [6, 6.07) is 7.10. The van der Waals surface area contributed by atoms with Crippen LogP contribution in [-0.4, -0.2) is 59.8 Å². The van der Waals surface area contributed by atoms with Crippen LogP contribution >= 0.6 is 11.6 Å². The number of anilines is 1. The van der Waals surface area contributed by atoms with E-state index in [-0.39, 0.29) is 17.6 Å². The average molecular weight is 613 g/mol. The average Bonchev–Trinajstić information content (AvgIpc) is 3.78. The number of nitrogens with one attached hydrogen (secondary N) is 1. The van der Waals surface area contributed by atoms with Gasteiger partial charge >= 0.3 is 6.18 Å². The first kappa shape index (κ1) is 28.8. The van der Waals surface area contributed by atoms with Crippen LogP contribution in [0.4, 0.5) is 19.0 Å². The van der Waals surface area contributed by atoms with Gasteiger partial charge in [-0.3, -0.25) is 4.79 Å². The van der Waals surface area contributed by atoms with E-state index < -0.39 is 11.9 Å². The molecule has 2 aliphatic rings. The van der Waals surface area contributed by atoms with Gasteiger partial charge in [-0.05, 0) is 18.4 Å². The van der Waals surface area contributed by atoms with Crippen molar-refractivity contribution in [2.75, 3.05) is 24.9 Å². The largest absolute Gasteiger partial charge is 0.480 e. The number of rotatable bonds is 8. The summed E-state index contributed by atoms with van der Waals surface area (Å²) in [4.78, 5) is 36.5. The highest BCUT2D eigenvalue weighted by molar-refractivity contribution is 6.27. The molecule has 3 aromatic heterocycles. The maximum Gasteiger partial charge on any atom is 0.434 e. The number of benzene rings is 1. The second-order valence-corrected chi connectivity index (χ2v) is 10.8. The molecule has 4 heterocycles. The van der Waals surface area contributed by atoms with Crippen molar-refractivity contribution in [2.45, 2.75) is 44.4 Å². The molecule has 6 rings (SSSR count). The lowest BCUT2D eigenvalue weighted by molar-refractivity contribution is -0.141. The van der Waals surface area contributed by atoms with E-state index in [1.807, 2.05) is 12.1 Å². The van der Waals surface area contributed by atoms with E-state index >= 15 is 0 Å². The van der Waals surface area contributed by atoms with Gasteiger partial charge in [-0.25, -0.2) is 24.9 Å². The van der Waals surface area contributed by atoms with Gasteiger partial charge < -0.3 is 19.5 Å². The molecule has 0 atom stereocenters. The number of alkyl halides is 4. The second-order valence-electron chi connectivity index (χ2n) is 10.5. The minimum absolute atomic E-state index is 0.118. The van der Waals surface area contributed by atoms with Crippen molar-refractivity contribution in [1.82, 2.24) is 34.4 Å². The smallest absolute Gasteiger partial charge is 0.434 e. The van der Waals surface area contributed by atoms with Crippen LogP contribution in [0.25, 0.3) is 22.8 Å². The third-order valence-corrected chi connectivity index (χ3v) is 7.82. The van der Waals surface area contributed by atoms with Crippen LogP contribution in [0.5, 0.6) is 5.88 Å². The number of fused-ring (bicyclic) bond motifs is 1. The van der Waals surface area contributed by atoms with E-state index in [9.17, 15) is 18.0 Å². The summed E-state index contributed by atoms with van der Waals surface area (Å²) in [6.07, 6.45) is 0.501. The molecule has 0 bridgehead atoms. The van der Waals surface area contributed by atoms with E-state index in [0.717, 1.165) is 41.6 Å². The van der Waals surface area contributed by atoms with Crippen LogP contribution in [0.15, 0.2) is 36.8 Å². The van der Waals surface area contributed by atoms with Crippen LogP contribution in [0, 0.1) is 0 Å². The first-order valence-corrected chi connectivity index (χ1v) is 14.3. The van der Waals surface area contributed by atoms with Gasteiger partial charge in [0, 0.05) is 49.8 Å². The van der Waals surface area contributed by atoms with E-state index in [0.29, 0.717) is 60.6 Å². The van der Waals surface area contributed by atoms with Crippen molar-refractivity contribution in [2.24, 2.45) is 7.05 Å². The normalized spacial score (nSPS) is 14.9. The molecule has 1 aromatic carbocycles. The Hall–Kier alpha value is -4.26. The number of nitrogens with zero attached hydrogens (tertiary/aromatic N) is 7. The molecule has 1 fully saturated rings. The lowest BCUT2D eigenvalue weighted by Crippen LogP contribution is -2.37. The molecular weight excluding hydrogens is 585 g/mol. The van der Waals surface area contributed by atoms with Crippen molar-refractivity contribution < 1.29 is 22.7 Å². The number of hydrogen-bond acceptors (Lipinski definition) is 8. The van der Waals surface area contributed by atoms with Crippen LogP contribution in [0.2, 0.25) is 0 Å². The Morgan fingerprint density at radius 2 is 1.91 bits per heavy atom. The number of methoxy groups -OCH3 is 1. The predicted octanol–water partition coefficient (Wildman–Crippen LogP) is 4.97. The summed E-state index contributed by atoms with van der Waals surface area (Å²) >= 11 is 5.85. The predicted molar refractivity (Wildman–Crippen MR) is 152 cm³/mol. The quantitative estimate of drug-likeness (QED) is 0.278. The summed E-state index contributed by atoms with van der Waals surface area (Å²) in [7, 11) is 3.08. The van der Waals surface area contributed by atoms with Gasteiger partial charge in [0.05, 0.1) is 25.0 Å². The number of imidazole rings is 1. The Kier molecular flexibility index (Phi) is 7.67. The van der Waals surface area contributed by atoms with Crippen molar-refractivity contribution in [3.8, 4) is 28.7 Å². The standard InChI is InChI=1S/C29H28ClF3N8O2/c1-40-14-21(29(31,32)33)38-27(40)18-5-3-16(4-6-18)12-34-25-19-13-41(22(42)11-30)10-9-20(19)37-26(39-25)23-24(17-7-8-17)35-15-36-28(23)43-2/h3-6,14-15,17H,7-13H2,1-2H3,(H,34,37,39). The van der Waals surface area contributed by atoms with E-state index in [2.05, 4.69) is 20.3 Å². The van der Waals surface area contributed by atoms with Crippen molar-refractivity contribution in [3.63, 3.8) is 0 Å². The maximum atomic E-state index is 13.1. The fraction of sp³-hybridized carbons (Fsp3) is 0.379. The van der Waals surface area contributed by atoms with E-state index in [4.69, 9.17) is 26.3 Å². The maximum absolute atomic E-state index is 13.1. The first-order chi connectivity index (χ1) is 20.7. The number of ether oxygens (including phenoxy) is 1. The van der Waals surface area contributed by atoms with Crippen molar-refractivity contribution in [1.29, 1.82) is 0 Å². The number of carbonyl (C=O) groups is 1. The Labute approximate surface area is 250 Å². The number of amides is 1. The molecule has 14 heteroatoms. The molecule has 4 aromatic rings. The van der Waals surface area contributed by atoms with Gasteiger partial charge in [0.25, 0.3) is 0 Å². The summed E-state index contributed by atoms with van der Waals surface area (Å²) < 4.78 is 46.4. The lowest BCUT2D eigenvalue weighted by Gasteiger charge is -2.29. The van der Waals surface area contributed by atoms with E-state index in [1.165, 1.54) is 17.9 Å². The number of aromatic nitrogens is 6. The number of carbonyl (C=O) groups excluding carboxylic acids is 1. The molecular formula is C29H28ClF3N8O2. The van der Waals surface area contributed by atoms with Gasteiger partial charge in [-0.15, -0.1) is 11.6 Å².